The lowest BCUT2D eigenvalue weighted by molar-refractivity contribution is -0.117. The number of nitrogens with one attached hydrogen (secondary N) is 1. The third kappa shape index (κ3) is 4.41. The van der Waals surface area contributed by atoms with Crippen LogP contribution in [0.15, 0.2) is 35.9 Å². The monoisotopic (exact) mass is 233 g/mol. The highest BCUT2D eigenvalue weighted by molar-refractivity contribution is 5.88. The highest BCUT2D eigenvalue weighted by Crippen LogP contribution is 2.16. The van der Waals surface area contributed by atoms with Gasteiger partial charge in [-0.2, -0.15) is 0 Å². The number of hydrogen-bond acceptors (Lipinski definition) is 2. The van der Waals surface area contributed by atoms with Gasteiger partial charge in [0.15, 0.2) is 0 Å². The SMILES string of the molecule is CC(C)=CC(=O)NCC(O)c1ccccc1C. The second-order valence-electron chi connectivity index (χ2n) is 4.34. The van der Waals surface area contributed by atoms with Gasteiger partial charge in [0.05, 0.1) is 6.10 Å². The fraction of sp³-hybridized carbons (Fsp3) is 0.357. The minimum atomic E-state index is -0.661. The first-order valence-electron chi connectivity index (χ1n) is 5.67. The molecule has 1 atom stereocenters. The lowest BCUT2D eigenvalue weighted by Gasteiger charge is -2.13. The molecule has 1 aromatic rings. The van der Waals surface area contributed by atoms with Crippen LogP contribution in [0.2, 0.25) is 0 Å². The average molecular weight is 233 g/mol. The Morgan fingerprint density at radius 3 is 2.65 bits per heavy atom. The van der Waals surface area contributed by atoms with Gasteiger partial charge in [-0.1, -0.05) is 29.8 Å². The summed E-state index contributed by atoms with van der Waals surface area (Å²) in [6, 6.07) is 7.61. The maximum absolute atomic E-state index is 11.4. The molecule has 0 saturated heterocycles. The number of aliphatic hydroxyl groups is 1. The number of carbonyl (C=O) groups is 1. The van der Waals surface area contributed by atoms with Crippen molar-refractivity contribution in [3.63, 3.8) is 0 Å². The van der Waals surface area contributed by atoms with Gasteiger partial charge in [-0.3, -0.25) is 4.79 Å². The predicted octanol–water partition coefficient (Wildman–Crippen LogP) is 2.11. The molecule has 0 aliphatic carbocycles. The maximum Gasteiger partial charge on any atom is 0.244 e. The molecule has 0 saturated carbocycles. The van der Waals surface area contributed by atoms with Crippen molar-refractivity contribution in [2.45, 2.75) is 26.9 Å². The van der Waals surface area contributed by atoms with Gasteiger partial charge >= 0.3 is 0 Å². The van der Waals surface area contributed by atoms with Crippen LogP contribution in [0.3, 0.4) is 0 Å². The van der Waals surface area contributed by atoms with Gasteiger partial charge in [-0.15, -0.1) is 0 Å². The van der Waals surface area contributed by atoms with Crippen LogP contribution in [-0.2, 0) is 4.79 Å². The van der Waals surface area contributed by atoms with Crippen molar-refractivity contribution in [2.24, 2.45) is 0 Å². The van der Waals surface area contributed by atoms with Gasteiger partial charge in [-0.05, 0) is 31.9 Å². The third-order valence-electron chi connectivity index (χ3n) is 2.44. The van der Waals surface area contributed by atoms with E-state index in [1.54, 1.807) is 0 Å². The molecule has 1 aromatic carbocycles. The summed E-state index contributed by atoms with van der Waals surface area (Å²) in [4.78, 5) is 11.4. The van der Waals surface area contributed by atoms with Crippen LogP contribution < -0.4 is 5.32 Å². The number of carbonyl (C=O) groups excluding carboxylic acids is 1. The van der Waals surface area contributed by atoms with E-state index in [-0.39, 0.29) is 12.5 Å². The molecular weight excluding hydrogens is 214 g/mol. The predicted molar refractivity (Wildman–Crippen MR) is 68.6 cm³/mol. The van der Waals surface area contributed by atoms with Crippen LogP contribution >= 0.6 is 0 Å². The van der Waals surface area contributed by atoms with Gasteiger partial charge in [0.1, 0.15) is 0 Å². The highest BCUT2D eigenvalue weighted by atomic mass is 16.3. The first-order valence-corrected chi connectivity index (χ1v) is 5.67. The quantitative estimate of drug-likeness (QED) is 0.782. The van der Waals surface area contributed by atoms with E-state index in [4.69, 9.17) is 0 Å². The molecule has 1 amide bonds. The summed E-state index contributed by atoms with van der Waals surface area (Å²) in [6.45, 7) is 5.89. The van der Waals surface area contributed by atoms with Crippen molar-refractivity contribution in [3.8, 4) is 0 Å². The molecule has 0 aliphatic heterocycles. The van der Waals surface area contributed by atoms with Crippen molar-refractivity contribution >= 4 is 5.91 Å². The Kier molecular flexibility index (Phi) is 4.91. The molecule has 3 nitrogen and oxygen atoms in total. The van der Waals surface area contributed by atoms with Crippen molar-refractivity contribution in [1.82, 2.24) is 5.32 Å². The Morgan fingerprint density at radius 1 is 1.41 bits per heavy atom. The van der Waals surface area contributed by atoms with Crippen LogP contribution in [0.5, 0.6) is 0 Å². The Bertz CT molecular complexity index is 420. The van der Waals surface area contributed by atoms with Crippen molar-refractivity contribution in [1.29, 1.82) is 0 Å². The van der Waals surface area contributed by atoms with E-state index >= 15 is 0 Å². The first-order chi connectivity index (χ1) is 8.00. The van der Waals surface area contributed by atoms with Crippen LogP contribution in [-0.4, -0.2) is 17.6 Å². The van der Waals surface area contributed by atoms with Crippen LogP contribution in [0.25, 0.3) is 0 Å². The zero-order chi connectivity index (χ0) is 12.8. The molecule has 2 N–H and O–H groups in total. The van der Waals surface area contributed by atoms with E-state index in [1.165, 1.54) is 6.08 Å². The number of amides is 1. The Hall–Kier alpha value is -1.61. The van der Waals surface area contributed by atoms with E-state index in [2.05, 4.69) is 5.32 Å². The van der Waals surface area contributed by atoms with Crippen LogP contribution in [0, 0.1) is 6.92 Å². The lowest BCUT2D eigenvalue weighted by atomic mass is 10.0. The largest absolute Gasteiger partial charge is 0.387 e. The van der Waals surface area contributed by atoms with E-state index in [0.717, 1.165) is 16.7 Å². The highest BCUT2D eigenvalue weighted by Gasteiger charge is 2.10. The summed E-state index contributed by atoms with van der Waals surface area (Å²) in [5.41, 5.74) is 2.81. The lowest BCUT2D eigenvalue weighted by Crippen LogP contribution is -2.27. The second kappa shape index (κ2) is 6.21. The van der Waals surface area contributed by atoms with Gasteiger partial charge < -0.3 is 10.4 Å². The summed E-state index contributed by atoms with van der Waals surface area (Å²) in [7, 11) is 0. The summed E-state index contributed by atoms with van der Waals surface area (Å²) in [5, 5.41) is 12.6. The topological polar surface area (TPSA) is 49.3 Å². The number of benzene rings is 1. The maximum atomic E-state index is 11.4. The second-order valence-corrected chi connectivity index (χ2v) is 4.34. The Labute approximate surface area is 102 Å². The number of rotatable bonds is 4. The minimum absolute atomic E-state index is 0.169. The molecule has 17 heavy (non-hydrogen) atoms. The molecule has 1 unspecified atom stereocenters. The molecule has 0 heterocycles. The number of hydrogen-bond donors (Lipinski definition) is 2. The minimum Gasteiger partial charge on any atom is -0.387 e. The number of aliphatic hydroxyl groups excluding tert-OH is 1. The van der Waals surface area contributed by atoms with Gasteiger partial charge in [-0.25, -0.2) is 0 Å². The summed E-state index contributed by atoms with van der Waals surface area (Å²) in [5.74, 6) is -0.169. The summed E-state index contributed by atoms with van der Waals surface area (Å²) in [6.07, 6.45) is 0.857. The molecule has 1 rings (SSSR count). The normalized spacial score (nSPS) is 11.8. The Balaban J connectivity index is 2.56. The molecule has 0 aromatic heterocycles. The molecule has 3 heteroatoms. The molecule has 0 bridgehead atoms. The van der Waals surface area contributed by atoms with E-state index < -0.39 is 6.10 Å². The third-order valence-corrected chi connectivity index (χ3v) is 2.44. The first kappa shape index (κ1) is 13.5. The van der Waals surface area contributed by atoms with E-state index in [9.17, 15) is 9.90 Å². The van der Waals surface area contributed by atoms with Crippen molar-refractivity contribution in [3.05, 3.63) is 47.0 Å². The van der Waals surface area contributed by atoms with Crippen LogP contribution in [0.1, 0.15) is 31.1 Å². The van der Waals surface area contributed by atoms with Gasteiger partial charge in [0.2, 0.25) is 5.91 Å². The zero-order valence-electron chi connectivity index (χ0n) is 10.5. The number of aryl methyl sites for hydroxylation is 1. The fourth-order valence-electron chi connectivity index (χ4n) is 1.58. The van der Waals surface area contributed by atoms with Crippen LogP contribution in [0.4, 0.5) is 0 Å². The zero-order valence-corrected chi connectivity index (χ0v) is 10.5. The van der Waals surface area contributed by atoms with Crippen molar-refractivity contribution < 1.29 is 9.90 Å². The standard InChI is InChI=1S/C14H19NO2/c1-10(2)8-14(17)15-9-13(16)12-7-5-4-6-11(12)3/h4-8,13,16H,9H2,1-3H3,(H,15,17). The molecular formula is C14H19NO2. The fourth-order valence-corrected chi connectivity index (χ4v) is 1.58. The number of allylic oxidation sites excluding steroid dienone is 1. The van der Waals surface area contributed by atoms with E-state index in [1.807, 2.05) is 45.0 Å². The smallest absolute Gasteiger partial charge is 0.244 e. The average Bonchev–Trinajstić information content (AvgIpc) is 2.25. The molecule has 0 aliphatic rings. The molecule has 0 fully saturated rings. The van der Waals surface area contributed by atoms with Gasteiger partial charge in [0, 0.05) is 12.6 Å². The van der Waals surface area contributed by atoms with E-state index in [0.29, 0.717) is 0 Å². The Morgan fingerprint density at radius 2 is 2.06 bits per heavy atom. The van der Waals surface area contributed by atoms with Crippen molar-refractivity contribution in [2.75, 3.05) is 6.54 Å². The molecule has 92 valence electrons. The summed E-state index contributed by atoms with van der Waals surface area (Å²) < 4.78 is 0. The van der Waals surface area contributed by atoms with Gasteiger partial charge in [0.25, 0.3) is 0 Å². The summed E-state index contributed by atoms with van der Waals surface area (Å²) >= 11 is 0. The molecule has 0 radical (unpaired) electrons. The molecule has 0 spiro atoms.